The average molecular weight is 449 g/mol. The number of rotatable bonds is 6. The van der Waals surface area contributed by atoms with Gasteiger partial charge >= 0.3 is 0 Å². The Morgan fingerprint density at radius 1 is 1.00 bits per heavy atom. The number of aryl methyl sites for hydroxylation is 1. The highest BCUT2D eigenvalue weighted by Gasteiger charge is 2.24. The number of ether oxygens (including phenoxy) is 1. The number of hydrogen-bond donors (Lipinski definition) is 1. The van der Waals surface area contributed by atoms with Crippen molar-refractivity contribution < 1.29 is 9.53 Å². The van der Waals surface area contributed by atoms with E-state index in [1.165, 1.54) is 17.3 Å². The van der Waals surface area contributed by atoms with Gasteiger partial charge in [0.1, 0.15) is 12.4 Å². The molecule has 1 aliphatic heterocycles. The molecule has 0 bridgehead atoms. The Labute approximate surface area is 191 Å². The van der Waals surface area contributed by atoms with Gasteiger partial charge in [0.2, 0.25) is 0 Å². The Morgan fingerprint density at radius 3 is 2.45 bits per heavy atom. The summed E-state index contributed by atoms with van der Waals surface area (Å²) in [5, 5.41) is 4.10. The van der Waals surface area contributed by atoms with E-state index in [4.69, 9.17) is 16.3 Å². The van der Waals surface area contributed by atoms with Crippen molar-refractivity contribution in [2.45, 2.75) is 20.0 Å². The van der Waals surface area contributed by atoms with Crippen LogP contribution in [0.15, 0.2) is 82.7 Å². The molecule has 6 heteroatoms. The predicted octanol–water partition coefficient (Wildman–Crippen LogP) is 6.37. The molecule has 0 saturated carbocycles. The summed E-state index contributed by atoms with van der Waals surface area (Å²) in [6, 6.07) is 23.2. The van der Waals surface area contributed by atoms with Gasteiger partial charge in [0.25, 0.3) is 5.91 Å². The van der Waals surface area contributed by atoms with Crippen molar-refractivity contribution in [3.63, 3.8) is 0 Å². The van der Waals surface area contributed by atoms with Gasteiger partial charge < -0.3 is 10.1 Å². The lowest BCUT2D eigenvalue weighted by atomic mass is 10.1. The number of hydrogen-bond acceptors (Lipinski definition) is 4. The monoisotopic (exact) mass is 448 g/mol. The Balaban J connectivity index is 1.49. The van der Waals surface area contributed by atoms with Crippen molar-refractivity contribution in [1.29, 1.82) is 0 Å². The summed E-state index contributed by atoms with van der Waals surface area (Å²) in [5.74, 6) is 0.542. The van der Waals surface area contributed by atoms with Gasteiger partial charge in [0, 0.05) is 10.6 Å². The van der Waals surface area contributed by atoms with E-state index in [0.717, 1.165) is 23.2 Å². The fourth-order valence-electron chi connectivity index (χ4n) is 3.02. The predicted molar refractivity (Wildman–Crippen MR) is 129 cm³/mol. The number of thioether (sulfide) groups is 1. The van der Waals surface area contributed by atoms with Crippen molar-refractivity contribution in [2.75, 3.05) is 0 Å². The molecular weight excluding hydrogens is 428 g/mol. The van der Waals surface area contributed by atoms with Gasteiger partial charge in [-0.25, -0.2) is 4.99 Å². The minimum absolute atomic E-state index is 0.165. The van der Waals surface area contributed by atoms with Crippen molar-refractivity contribution in [3.8, 4) is 5.75 Å². The third-order valence-electron chi connectivity index (χ3n) is 4.74. The third kappa shape index (κ3) is 5.57. The molecule has 4 nitrogen and oxygen atoms in total. The van der Waals surface area contributed by atoms with Crippen LogP contribution in [0, 0.1) is 0 Å². The van der Waals surface area contributed by atoms with E-state index in [0.29, 0.717) is 27.5 Å². The molecule has 31 heavy (non-hydrogen) atoms. The number of amidine groups is 1. The Hall–Kier alpha value is -3.02. The number of benzene rings is 3. The van der Waals surface area contributed by atoms with Crippen molar-refractivity contribution in [3.05, 3.63) is 99.4 Å². The number of carbonyl (C=O) groups is 1. The van der Waals surface area contributed by atoms with Crippen LogP contribution in [0.4, 0.5) is 5.69 Å². The number of aliphatic imine (C=N–C) groups is 1. The maximum absolute atomic E-state index is 12.5. The summed E-state index contributed by atoms with van der Waals surface area (Å²) in [6.07, 6.45) is 2.81. The smallest absolute Gasteiger partial charge is 0.264 e. The zero-order valence-corrected chi connectivity index (χ0v) is 18.5. The number of para-hydroxylation sites is 1. The summed E-state index contributed by atoms with van der Waals surface area (Å²) in [4.78, 5) is 17.6. The third-order valence-corrected chi connectivity index (χ3v) is 5.90. The largest absolute Gasteiger partial charge is 0.488 e. The fraction of sp³-hybridized carbons (Fsp3) is 0.120. The van der Waals surface area contributed by atoms with Crippen LogP contribution in [0.5, 0.6) is 5.75 Å². The summed E-state index contributed by atoms with van der Waals surface area (Å²) in [7, 11) is 0. The molecule has 156 valence electrons. The van der Waals surface area contributed by atoms with Gasteiger partial charge in [-0.1, -0.05) is 61.0 Å². The number of nitrogens with one attached hydrogen (secondary N) is 1. The van der Waals surface area contributed by atoms with E-state index in [9.17, 15) is 4.79 Å². The second-order valence-corrected chi connectivity index (χ2v) is 8.42. The molecule has 1 saturated heterocycles. The zero-order chi connectivity index (χ0) is 21.6. The van der Waals surface area contributed by atoms with E-state index in [1.54, 1.807) is 0 Å². The standard InChI is InChI=1S/C25H21ClN2O2S/c1-2-17-9-13-21(14-10-17)27-25-28-24(29)23(31-25)15-19-5-3-4-6-22(19)30-16-18-7-11-20(26)12-8-18/h3-15H,2,16H2,1H3,(H,27,28,29)/b23-15-. The minimum atomic E-state index is -0.165. The zero-order valence-electron chi connectivity index (χ0n) is 17.0. The van der Waals surface area contributed by atoms with E-state index in [2.05, 4.69) is 17.2 Å². The van der Waals surface area contributed by atoms with Crippen LogP contribution < -0.4 is 10.1 Å². The molecule has 4 rings (SSSR count). The molecule has 3 aromatic rings. The van der Waals surface area contributed by atoms with E-state index in [-0.39, 0.29) is 5.91 Å². The highest BCUT2D eigenvalue weighted by Crippen LogP contribution is 2.31. The van der Waals surface area contributed by atoms with E-state index in [1.807, 2.05) is 78.9 Å². The minimum Gasteiger partial charge on any atom is -0.488 e. The van der Waals surface area contributed by atoms with Gasteiger partial charge in [0.05, 0.1) is 10.6 Å². The Kier molecular flexibility index (Phi) is 6.75. The van der Waals surface area contributed by atoms with Gasteiger partial charge in [-0.2, -0.15) is 0 Å². The van der Waals surface area contributed by atoms with Crippen LogP contribution in [0.25, 0.3) is 6.08 Å². The number of nitrogens with zero attached hydrogens (tertiary/aromatic N) is 1. The van der Waals surface area contributed by atoms with Gasteiger partial charge in [-0.15, -0.1) is 0 Å². The van der Waals surface area contributed by atoms with E-state index < -0.39 is 0 Å². The van der Waals surface area contributed by atoms with Crippen LogP contribution in [-0.2, 0) is 17.8 Å². The van der Waals surface area contributed by atoms with Crippen molar-refractivity contribution >= 4 is 46.2 Å². The number of amides is 1. The van der Waals surface area contributed by atoms with Crippen LogP contribution >= 0.6 is 23.4 Å². The first-order chi connectivity index (χ1) is 15.1. The molecule has 0 radical (unpaired) electrons. The van der Waals surface area contributed by atoms with Crippen LogP contribution in [-0.4, -0.2) is 11.1 Å². The fourth-order valence-corrected chi connectivity index (χ4v) is 3.98. The number of halogens is 1. The quantitative estimate of drug-likeness (QED) is 0.445. The summed E-state index contributed by atoms with van der Waals surface area (Å²) in [5.41, 5.74) is 3.92. The lowest BCUT2D eigenvalue weighted by Crippen LogP contribution is -2.19. The molecule has 0 atom stereocenters. The average Bonchev–Trinajstić information content (AvgIpc) is 3.13. The normalized spacial score (nSPS) is 16.0. The molecule has 0 spiro atoms. The molecule has 1 aliphatic rings. The first kappa shape index (κ1) is 21.2. The molecule has 0 aromatic heterocycles. The molecule has 3 aromatic carbocycles. The van der Waals surface area contributed by atoms with Gasteiger partial charge in [-0.3, -0.25) is 4.79 Å². The maximum atomic E-state index is 12.5. The molecule has 0 aliphatic carbocycles. The first-order valence-electron chi connectivity index (χ1n) is 9.95. The molecule has 1 amide bonds. The molecule has 1 N–H and O–H groups in total. The van der Waals surface area contributed by atoms with Gasteiger partial charge in [-0.05, 0) is 65.7 Å². The Bertz CT molecular complexity index is 1140. The lowest BCUT2D eigenvalue weighted by Gasteiger charge is -2.09. The second-order valence-electron chi connectivity index (χ2n) is 6.95. The first-order valence-corrected chi connectivity index (χ1v) is 11.1. The number of carbonyl (C=O) groups excluding carboxylic acids is 1. The molecule has 1 fully saturated rings. The molecule has 1 heterocycles. The highest BCUT2D eigenvalue weighted by molar-refractivity contribution is 8.18. The topological polar surface area (TPSA) is 50.7 Å². The molecule has 0 unspecified atom stereocenters. The summed E-state index contributed by atoms with van der Waals surface area (Å²) >= 11 is 7.26. The summed E-state index contributed by atoms with van der Waals surface area (Å²) < 4.78 is 5.99. The molecular formula is C25H21ClN2O2S. The second kappa shape index (κ2) is 9.86. The van der Waals surface area contributed by atoms with Crippen LogP contribution in [0.1, 0.15) is 23.6 Å². The highest BCUT2D eigenvalue weighted by atomic mass is 35.5. The van der Waals surface area contributed by atoms with Crippen molar-refractivity contribution in [2.24, 2.45) is 4.99 Å². The summed E-state index contributed by atoms with van der Waals surface area (Å²) in [6.45, 7) is 2.53. The lowest BCUT2D eigenvalue weighted by molar-refractivity contribution is -0.115. The van der Waals surface area contributed by atoms with Gasteiger partial charge in [0.15, 0.2) is 5.17 Å². The SMILES string of the molecule is CCc1ccc(N=C2NC(=O)/C(=C/c3ccccc3OCc3ccc(Cl)cc3)S2)cc1. The van der Waals surface area contributed by atoms with Crippen LogP contribution in [0.2, 0.25) is 5.02 Å². The Morgan fingerprint density at radius 2 is 1.71 bits per heavy atom. The van der Waals surface area contributed by atoms with Crippen LogP contribution in [0.3, 0.4) is 0 Å². The van der Waals surface area contributed by atoms with E-state index >= 15 is 0 Å². The maximum Gasteiger partial charge on any atom is 0.264 e. The van der Waals surface area contributed by atoms with Crippen molar-refractivity contribution in [1.82, 2.24) is 5.32 Å².